The molecule has 2 amide bonds. The summed E-state index contributed by atoms with van der Waals surface area (Å²) in [5.74, 6) is -3.02. The van der Waals surface area contributed by atoms with Gasteiger partial charge >= 0.3 is 0 Å². The fourth-order valence-electron chi connectivity index (χ4n) is 4.67. The smallest absolute Gasteiger partial charge is 0.240 e. The maximum Gasteiger partial charge on any atom is 0.240 e. The van der Waals surface area contributed by atoms with Crippen LogP contribution < -0.4 is 4.90 Å². The molecule has 0 unspecified atom stereocenters. The summed E-state index contributed by atoms with van der Waals surface area (Å²) < 4.78 is 13.3. The van der Waals surface area contributed by atoms with Crippen LogP contribution in [0, 0.1) is 17.7 Å². The molecule has 0 spiro atoms. The van der Waals surface area contributed by atoms with Gasteiger partial charge in [0, 0.05) is 0 Å². The van der Waals surface area contributed by atoms with Gasteiger partial charge in [-0.05, 0) is 42.3 Å². The first-order valence-corrected chi connectivity index (χ1v) is 9.04. The number of Topliss-reactive ketones (excluding diaryl/α,β-unsaturated/α-hetero) is 1. The number of ketones is 1. The van der Waals surface area contributed by atoms with Crippen LogP contribution in [0.2, 0.25) is 0 Å². The number of fused-ring (bicyclic) bond motifs is 5. The average molecular weight is 377 g/mol. The van der Waals surface area contributed by atoms with Crippen LogP contribution in [0.4, 0.5) is 10.1 Å². The Labute approximate surface area is 160 Å². The molecular weight excluding hydrogens is 361 g/mol. The quantitative estimate of drug-likeness (QED) is 0.753. The molecule has 3 heterocycles. The zero-order valence-electron chi connectivity index (χ0n) is 14.9. The number of nitrogens with zero attached hydrogens (tertiary/aromatic N) is 3. The van der Waals surface area contributed by atoms with Crippen molar-refractivity contribution in [1.29, 1.82) is 0 Å². The number of hydrogen-bond acceptors (Lipinski definition) is 5. The molecule has 7 heteroatoms. The Hall–Kier alpha value is -3.35. The van der Waals surface area contributed by atoms with Crippen LogP contribution in [0.15, 0.2) is 53.6 Å². The van der Waals surface area contributed by atoms with Crippen LogP contribution in [0.3, 0.4) is 0 Å². The molecule has 3 aliphatic heterocycles. The molecule has 0 radical (unpaired) electrons. The van der Waals surface area contributed by atoms with Crippen molar-refractivity contribution in [3.63, 3.8) is 0 Å². The van der Waals surface area contributed by atoms with Gasteiger partial charge in [-0.1, -0.05) is 24.3 Å². The Morgan fingerprint density at radius 3 is 2.39 bits per heavy atom. The Balaban J connectivity index is 1.65. The minimum Gasteiger partial charge on any atom is -0.298 e. The Bertz CT molecular complexity index is 1050. The van der Waals surface area contributed by atoms with E-state index in [0.29, 0.717) is 5.69 Å². The van der Waals surface area contributed by atoms with Gasteiger partial charge in [-0.2, -0.15) is 5.10 Å². The molecule has 0 aliphatic carbocycles. The number of amides is 2. The number of hydrogen-bond donors (Lipinski definition) is 0. The van der Waals surface area contributed by atoms with Crippen LogP contribution >= 0.6 is 0 Å². The van der Waals surface area contributed by atoms with E-state index in [2.05, 4.69) is 5.10 Å². The maximum atomic E-state index is 13.3. The minimum atomic E-state index is -0.816. The fourth-order valence-corrected chi connectivity index (χ4v) is 4.67. The summed E-state index contributed by atoms with van der Waals surface area (Å²) in [5, 5.41) is 6.02. The molecule has 0 N–H and O–H groups in total. The van der Waals surface area contributed by atoms with Gasteiger partial charge in [-0.15, -0.1) is 0 Å². The number of anilines is 1. The summed E-state index contributed by atoms with van der Waals surface area (Å²) in [5.41, 5.74) is 2.05. The molecule has 0 aromatic heterocycles. The normalized spacial score (nSPS) is 27.6. The summed E-state index contributed by atoms with van der Waals surface area (Å²) in [6.45, 7) is 1.42. The second kappa shape index (κ2) is 5.82. The molecular formula is C21H16FN3O3. The summed E-state index contributed by atoms with van der Waals surface area (Å²) in [6.07, 6.45) is 1.66. The van der Waals surface area contributed by atoms with Gasteiger partial charge in [-0.3, -0.25) is 19.4 Å². The van der Waals surface area contributed by atoms with E-state index in [0.717, 1.165) is 16.0 Å². The highest BCUT2D eigenvalue weighted by atomic mass is 19.1. The van der Waals surface area contributed by atoms with Crippen molar-refractivity contribution < 1.29 is 18.8 Å². The van der Waals surface area contributed by atoms with Gasteiger partial charge in [0.2, 0.25) is 11.8 Å². The van der Waals surface area contributed by atoms with E-state index < -0.39 is 35.6 Å². The fraction of sp³-hybridized carbons (Fsp3) is 0.238. The lowest BCUT2D eigenvalue weighted by atomic mass is 9.84. The molecule has 2 saturated heterocycles. The average Bonchev–Trinajstić information content (AvgIpc) is 3.16. The van der Waals surface area contributed by atoms with E-state index in [1.165, 1.54) is 31.2 Å². The Morgan fingerprint density at radius 1 is 1.00 bits per heavy atom. The second-order valence-electron chi connectivity index (χ2n) is 7.29. The van der Waals surface area contributed by atoms with Crippen molar-refractivity contribution in [3.05, 3.63) is 65.5 Å². The third-order valence-electron chi connectivity index (χ3n) is 5.79. The molecule has 2 aromatic carbocycles. The van der Waals surface area contributed by atoms with Gasteiger partial charge < -0.3 is 0 Å². The monoisotopic (exact) mass is 377 g/mol. The maximum absolute atomic E-state index is 13.3. The molecule has 5 rings (SSSR count). The number of carbonyl (C=O) groups excluding carboxylic acids is 3. The van der Waals surface area contributed by atoms with Crippen LogP contribution in [-0.4, -0.2) is 34.9 Å². The first-order valence-electron chi connectivity index (χ1n) is 9.04. The zero-order valence-corrected chi connectivity index (χ0v) is 14.9. The first kappa shape index (κ1) is 16.8. The van der Waals surface area contributed by atoms with Crippen LogP contribution in [-0.2, 0) is 14.4 Å². The van der Waals surface area contributed by atoms with Crippen LogP contribution in [0.25, 0.3) is 0 Å². The van der Waals surface area contributed by atoms with Crippen molar-refractivity contribution in [2.24, 2.45) is 16.9 Å². The minimum absolute atomic E-state index is 0.212. The first-order chi connectivity index (χ1) is 13.5. The molecule has 2 fully saturated rings. The van der Waals surface area contributed by atoms with Crippen LogP contribution in [0.1, 0.15) is 24.1 Å². The van der Waals surface area contributed by atoms with Crippen molar-refractivity contribution in [2.75, 3.05) is 4.90 Å². The van der Waals surface area contributed by atoms with E-state index in [9.17, 15) is 18.8 Å². The van der Waals surface area contributed by atoms with E-state index in [1.807, 2.05) is 24.3 Å². The van der Waals surface area contributed by atoms with Gasteiger partial charge in [0.25, 0.3) is 0 Å². The van der Waals surface area contributed by atoms with Crippen molar-refractivity contribution >= 4 is 29.5 Å². The number of halogens is 1. The Kier molecular flexibility index (Phi) is 3.49. The molecule has 2 aromatic rings. The summed E-state index contributed by atoms with van der Waals surface area (Å²) in [4.78, 5) is 40.1. The van der Waals surface area contributed by atoms with E-state index in [4.69, 9.17) is 0 Å². The molecule has 6 nitrogen and oxygen atoms in total. The number of hydrazone groups is 1. The van der Waals surface area contributed by atoms with E-state index in [1.54, 1.807) is 11.2 Å². The number of carbonyl (C=O) groups is 3. The second-order valence-corrected chi connectivity index (χ2v) is 7.29. The van der Waals surface area contributed by atoms with E-state index >= 15 is 0 Å². The highest BCUT2D eigenvalue weighted by molar-refractivity contribution is 6.24. The zero-order chi connectivity index (χ0) is 19.6. The lowest BCUT2D eigenvalue weighted by Crippen LogP contribution is -2.43. The predicted molar refractivity (Wildman–Crippen MR) is 99.0 cm³/mol. The van der Waals surface area contributed by atoms with Gasteiger partial charge in [0.05, 0.1) is 29.8 Å². The summed E-state index contributed by atoms with van der Waals surface area (Å²) in [7, 11) is 0. The largest absolute Gasteiger partial charge is 0.298 e. The number of imide groups is 1. The van der Waals surface area contributed by atoms with Gasteiger partial charge in [0.15, 0.2) is 5.78 Å². The molecule has 0 bridgehead atoms. The number of rotatable bonds is 2. The van der Waals surface area contributed by atoms with Crippen LogP contribution in [0.5, 0.6) is 0 Å². The van der Waals surface area contributed by atoms with Crippen molar-refractivity contribution in [3.8, 4) is 0 Å². The summed E-state index contributed by atoms with van der Waals surface area (Å²) >= 11 is 0. The molecule has 28 heavy (non-hydrogen) atoms. The summed E-state index contributed by atoms with van der Waals surface area (Å²) in [6, 6.07) is 11.5. The lowest BCUT2D eigenvalue weighted by molar-refractivity contribution is -0.129. The molecule has 140 valence electrons. The predicted octanol–water partition coefficient (Wildman–Crippen LogP) is 2.29. The molecule has 4 atom stereocenters. The SMILES string of the molecule is CC(=O)[C@@H]1[C@@H]2C(=O)N(c3ccc(F)cc3)C(=O)[C@@H]2[C@H]2c3ccccc3C=NN12. The molecule has 0 saturated carbocycles. The highest BCUT2D eigenvalue weighted by Gasteiger charge is 2.64. The molecule has 3 aliphatic rings. The van der Waals surface area contributed by atoms with Crippen molar-refractivity contribution in [1.82, 2.24) is 5.01 Å². The topological polar surface area (TPSA) is 70.0 Å². The standard InChI is InChI=1S/C21H16FN3O3/c1-11(26)18-16-17(19-15-5-3-2-4-12(15)10-23-25(18)19)21(28)24(20(16)27)14-8-6-13(22)7-9-14/h2-10,16-19H,1H3/t16-,17+,18-,19-/m1/s1. The van der Waals surface area contributed by atoms with Crippen molar-refractivity contribution in [2.45, 2.75) is 19.0 Å². The van der Waals surface area contributed by atoms with E-state index in [-0.39, 0.29) is 11.7 Å². The van der Waals surface area contributed by atoms with Gasteiger partial charge in [-0.25, -0.2) is 9.29 Å². The number of benzene rings is 2. The third kappa shape index (κ3) is 2.13. The Morgan fingerprint density at radius 2 is 1.68 bits per heavy atom. The lowest BCUT2D eigenvalue weighted by Gasteiger charge is -2.33. The highest BCUT2D eigenvalue weighted by Crippen LogP contribution is 2.52. The van der Waals surface area contributed by atoms with Gasteiger partial charge in [0.1, 0.15) is 11.9 Å². The third-order valence-corrected chi connectivity index (χ3v) is 5.79.